The first-order valence-electron chi connectivity index (χ1n) is 8.68. The molecule has 1 amide bonds. The average molecular weight is 393 g/mol. The number of carbonyl (C=O) groups is 1. The van der Waals surface area contributed by atoms with Gasteiger partial charge >= 0.3 is 0 Å². The number of anilines is 2. The molecule has 0 unspecified atom stereocenters. The Balaban J connectivity index is 1.61. The quantitative estimate of drug-likeness (QED) is 0.757. The largest absolute Gasteiger partial charge is 0.482 e. The van der Waals surface area contributed by atoms with Gasteiger partial charge in [0.1, 0.15) is 5.75 Å². The van der Waals surface area contributed by atoms with E-state index < -0.39 is 0 Å². The van der Waals surface area contributed by atoms with Crippen molar-refractivity contribution in [2.75, 3.05) is 29.9 Å². The second kappa shape index (κ2) is 8.19. The van der Waals surface area contributed by atoms with Crippen LogP contribution >= 0.6 is 23.2 Å². The van der Waals surface area contributed by atoms with E-state index in [2.05, 4.69) is 10.2 Å². The molecule has 0 radical (unpaired) electrons. The summed E-state index contributed by atoms with van der Waals surface area (Å²) in [6.45, 7) is 5.80. The van der Waals surface area contributed by atoms with Crippen LogP contribution in [0.25, 0.3) is 0 Å². The summed E-state index contributed by atoms with van der Waals surface area (Å²) in [6.07, 6.45) is 2.38. The highest BCUT2D eigenvalue weighted by atomic mass is 35.5. The summed E-state index contributed by atoms with van der Waals surface area (Å²) in [5.74, 6) is 0.279. The van der Waals surface area contributed by atoms with Gasteiger partial charge in [-0.2, -0.15) is 0 Å². The SMILES string of the molecule is Cc1cc(C)c(OCC(=O)Nc2ccc(N3CCCC3)c(Cl)c2)c(Cl)c1. The number of rotatable bonds is 5. The summed E-state index contributed by atoms with van der Waals surface area (Å²) in [5, 5.41) is 3.96. The lowest BCUT2D eigenvalue weighted by Crippen LogP contribution is -2.21. The van der Waals surface area contributed by atoms with Crippen LogP contribution in [0.4, 0.5) is 11.4 Å². The fourth-order valence-corrected chi connectivity index (χ4v) is 3.89. The number of nitrogens with one attached hydrogen (secondary N) is 1. The van der Waals surface area contributed by atoms with Crippen LogP contribution in [-0.4, -0.2) is 25.6 Å². The molecule has 0 spiro atoms. The Hall–Kier alpha value is -1.91. The lowest BCUT2D eigenvalue weighted by atomic mass is 10.1. The van der Waals surface area contributed by atoms with Crippen molar-refractivity contribution in [2.24, 2.45) is 0 Å². The zero-order valence-corrected chi connectivity index (χ0v) is 16.5. The third-order valence-electron chi connectivity index (χ3n) is 4.40. The molecule has 0 aliphatic carbocycles. The molecule has 3 rings (SSSR count). The van der Waals surface area contributed by atoms with Gasteiger partial charge in [0.05, 0.1) is 15.7 Å². The van der Waals surface area contributed by atoms with Crippen molar-refractivity contribution in [3.8, 4) is 5.75 Å². The molecule has 4 nitrogen and oxygen atoms in total. The van der Waals surface area contributed by atoms with Crippen molar-refractivity contribution < 1.29 is 9.53 Å². The smallest absolute Gasteiger partial charge is 0.262 e. The number of ether oxygens (including phenoxy) is 1. The van der Waals surface area contributed by atoms with Crippen LogP contribution in [0, 0.1) is 13.8 Å². The Bertz CT molecular complexity index is 794. The second-order valence-electron chi connectivity index (χ2n) is 6.59. The van der Waals surface area contributed by atoms with Crippen LogP contribution in [0.2, 0.25) is 10.0 Å². The molecule has 0 saturated carbocycles. The van der Waals surface area contributed by atoms with E-state index in [0.29, 0.717) is 21.5 Å². The van der Waals surface area contributed by atoms with Crippen molar-refractivity contribution in [3.63, 3.8) is 0 Å². The van der Waals surface area contributed by atoms with Gasteiger partial charge in [-0.25, -0.2) is 0 Å². The number of amides is 1. The van der Waals surface area contributed by atoms with E-state index in [4.69, 9.17) is 27.9 Å². The van der Waals surface area contributed by atoms with Crippen molar-refractivity contribution in [1.82, 2.24) is 0 Å². The minimum Gasteiger partial charge on any atom is -0.482 e. The Morgan fingerprint density at radius 1 is 1.12 bits per heavy atom. The minimum atomic E-state index is -0.258. The topological polar surface area (TPSA) is 41.6 Å². The molecule has 1 N–H and O–H groups in total. The fraction of sp³-hybridized carbons (Fsp3) is 0.350. The maximum atomic E-state index is 12.2. The predicted octanol–water partition coefficient (Wildman–Crippen LogP) is 5.23. The second-order valence-corrected chi connectivity index (χ2v) is 7.40. The molecule has 0 aromatic heterocycles. The zero-order chi connectivity index (χ0) is 18.7. The average Bonchev–Trinajstić information content (AvgIpc) is 3.08. The highest BCUT2D eigenvalue weighted by Gasteiger charge is 2.16. The van der Waals surface area contributed by atoms with E-state index in [9.17, 15) is 4.79 Å². The molecule has 1 saturated heterocycles. The van der Waals surface area contributed by atoms with Gasteiger partial charge in [-0.05, 0) is 62.1 Å². The number of benzene rings is 2. The van der Waals surface area contributed by atoms with Crippen molar-refractivity contribution in [1.29, 1.82) is 0 Å². The first kappa shape index (κ1) is 18.9. The van der Waals surface area contributed by atoms with Gasteiger partial charge in [0, 0.05) is 18.8 Å². The van der Waals surface area contributed by atoms with Gasteiger partial charge in [-0.1, -0.05) is 29.3 Å². The van der Waals surface area contributed by atoms with E-state index in [0.717, 1.165) is 29.9 Å². The van der Waals surface area contributed by atoms with Crippen molar-refractivity contribution in [3.05, 3.63) is 51.5 Å². The Labute approximate surface area is 164 Å². The highest BCUT2D eigenvalue weighted by molar-refractivity contribution is 6.33. The number of halogens is 2. The molecule has 2 aromatic rings. The van der Waals surface area contributed by atoms with E-state index in [-0.39, 0.29) is 12.5 Å². The molecule has 6 heteroatoms. The first-order chi connectivity index (χ1) is 12.4. The van der Waals surface area contributed by atoms with E-state index in [1.165, 1.54) is 12.8 Å². The van der Waals surface area contributed by atoms with Crippen LogP contribution < -0.4 is 15.0 Å². The van der Waals surface area contributed by atoms with Crippen LogP contribution in [0.5, 0.6) is 5.75 Å². The molecule has 26 heavy (non-hydrogen) atoms. The maximum absolute atomic E-state index is 12.2. The van der Waals surface area contributed by atoms with Crippen LogP contribution in [0.15, 0.2) is 30.3 Å². The molecule has 2 aromatic carbocycles. The normalized spacial score (nSPS) is 13.8. The van der Waals surface area contributed by atoms with Crippen LogP contribution in [0.1, 0.15) is 24.0 Å². The van der Waals surface area contributed by atoms with Gasteiger partial charge in [-0.3, -0.25) is 4.79 Å². The summed E-state index contributed by atoms with van der Waals surface area (Å²) in [6, 6.07) is 9.37. The Kier molecular flexibility index (Phi) is 5.94. The van der Waals surface area contributed by atoms with Crippen molar-refractivity contribution in [2.45, 2.75) is 26.7 Å². The minimum absolute atomic E-state index is 0.116. The van der Waals surface area contributed by atoms with E-state index in [1.54, 1.807) is 6.07 Å². The van der Waals surface area contributed by atoms with E-state index >= 15 is 0 Å². The molecule has 1 heterocycles. The van der Waals surface area contributed by atoms with Gasteiger partial charge < -0.3 is 15.0 Å². The Morgan fingerprint density at radius 2 is 1.85 bits per heavy atom. The molecule has 1 aliphatic heterocycles. The zero-order valence-electron chi connectivity index (χ0n) is 14.9. The Morgan fingerprint density at radius 3 is 2.50 bits per heavy atom. The van der Waals surface area contributed by atoms with Gasteiger partial charge in [0.2, 0.25) is 0 Å². The lowest BCUT2D eigenvalue weighted by Gasteiger charge is -2.19. The summed E-state index contributed by atoms with van der Waals surface area (Å²) in [5.41, 5.74) is 3.62. The van der Waals surface area contributed by atoms with Gasteiger partial charge in [0.25, 0.3) is 5.91 Å². The molecule has 1 aliphatic rings. The van der Waals surface area contributed by atoms with Gasteiger partial charge in [-0.15, -0.1) is 0 Å². The fourth-order valence-electron chi connectivity index (χ4n) is 3.22. The standard InChI is InChI=1S/C20H22Cl2N2O2/c1-13-9-14(2)20(17(22)10-13)26-12-19(25)23-15-5-6-18(16(21)11-15)24-7-3-4-8-24/h5-6,9-11H,3-4,7-8,12H2,1-2H3,(H,23,25). The molecule has 1 fully saturated rings. The molecular formula is C20H22Cl2N2O2. The number of carbonyl (C=O) groups excluding carboxylic acids is 1. The predicted molar refractivity (Wildman–Crippen MR) is 108 cm³/mol. The van der Waals surface area contributed by atoms with Crippen LogP contribution in [0.3, 0.4) is 0 Å². The summed E-state index contributed by atoms with van der Waals surface area (Å²) >= 11 is 12.6. The molecule has 0 bridgehead atoms. The number of aryl methyl sites for hydroxylation is 2. The molecule has 138 valence electrons. The highest BCUT2D eigenvalue weighted by Crippen LogP contribution is 2.32. The van der Waals surface area contributed by atoms with E-state index in [1.807, 2.05) is 38.1 Å². The summed E-state index contributed by atoms with van der Waals surface area (Å²) in [7, 11) is 0. The lowest BCUT2D eigenvalue weighted by molar-refractivity contribution is -0.118. The maximum Gasteiger partial charge on any atom is 0.262 e. The summed E-state index contributed by atoms with van der Waals surface area (Å²) in [4.78, 5) is 14.5. The van der Waals surface area contributed by atoms with Crippen LogP contribution in [-0.2, 0) is 4.79 Å². The van der Waals surface area contributed by atoms with Gasteiger partial charge in [0.15, 0.2) is 6.61 Å². The summed E-state index contributed by atoms with van der Waals surface area (Å²) < 4.78 is 5.61. The third-order valence-corrected chi connectivity index (χ3v) is 4.98. The number of hydrogen-bond acceptors (Lipinski definition) is 3. The molecular weight excluding hydrogens is 371 g/mol. The number of nitrogens with zero attached hydrogens (tertiary/aromatic N) is 1. The monoisotopic (exact) mass is 392 g/mol. The number of hydrogen-bond donors (Lipinski definition) is 1. The van der Waals surface area contributed by atoms with Crippen molar-refractivity contribution >= 4 is 40.5 Å². The first-order valence-corrected chi connectivity index (χ1v) is 9.43. The third kappa shape index (κ3) is 4.43. The molecule has 0 atom stereocenters.